The van der Waals surface area contributed by atoms with E-state index in [1.807, 2.05) is 0 Å². The van der Waals surface area contributed by atoms with Gasteiger partial charge in [-0.1, -0.05) is 0 Å². The lowest BCUT2D eigenvalue weighted by Gasteiger charge is -2.12. The molecular weight excluding hydrogens is 358 g/mol. The first-order chi connectivity index (χ1) is 13.1. The summed E-state index contributed by atoms with van der Waals surface area (Å²) in [5, 5.41) is 7.01. The van der Waals surface area contributed by atoms with Gasteiger partial charge in [0.1, 0.15) is 5.75 Å². The number of nitrogens with one attached hydrogen (secondary N) is 1. The highest BCUT2D eigenvalue weighted by molar-refractivity contribution is 6.00. The molecule has 0 aliphatic heterocycles. The average Bonchev–Trinajstić information content (AvgIpc) is 3.36. The highest BCUT2D eigenvalue weighted by atomic mass is 19.3. The third-order valence-corrected chi connectivity index (χ3v) is 4.26. The Labute approximate surface area is 152 Å². The lowest BCUT2D eigenvalue weighted by molar-refractivity contribution is -0.118. The predicted octanol–water partition coefficient (Wildman–Crippen LogP) is 2.33. The van der Waals surface area contributed by atoms with E-state index in [0.29, 0.717) is 30.0 Å². The summed E-state index contributed by atoms with van der Waals surface area (Å²) in [5.41, 5.74) is 0.372. The van der Waals surface area contributed by atoms with Crippen LogP contribution in [0.3, 0.4) is 0 Å². The number of anilines is 1. The summed E-state index contributed by atoms with van der Waals surface area (Å²) in [6.07, 6.45) is 10.3. The van der Waals surface area contributed by atoms with Crippen molar-refractivity contribution in [1.29, 1.82) is 0 Å². The highest BCUT2D eigenvalue weighted by Crippen LogP contribution is 2.47. The first kappa shape index (κ1) is 17.0. The van der Waals surface area contributed by atoms with Crippen LogP contribution in [-0.4, -0.2) is 37.3 Å². The number of hydrogen-bond acceptors (Lipinski definition) is 6. The van der Waals surface area contributed by atoms with Crippen molar-refractivity contribution in [3.8, 4) is 11.4 Å². The van der Waals surface area contributed by atoms with Crippen LogP contribution in [0.5, 0.6) is 5.75 Å². The summed E-state index contributed by atoms with van der Waals surface area (Å²) >= 11 is 0. The molecule has 10 heteroatoms. The molecule has 1 aliphatic carbocycles. The molecule has 27 heavy (non-hydrogen) atoms. The van der Waals surface area contributed by atoms with E-state index in [9.17, 15) is 13.6 Å². The lowest BCUT2D eigenvalue weighted by Crippen LogP contribution is -2.29. The molecule has 4 rings (SSSR count). The number of aromatic nitrogens is 5. The predicted molar refractivity (Wildman–Crippen MR) is 89.6 cm³/mol. The Morgan fingerprint density at radius 3 is 2.78 bits per heavy atom. The van der Waals surface area contributed by atoms with Crippen molar-refractivity contribution in [2.24, 2.45) is 0 Å². The second-order valence-electron chi connectivity index (χ2n) is 6.03. The topological polar surface area (TPSA) is 94.8 Å². The van der Waals surface area contributed by atoms with Gasteiger partial charge in [-0.3, -0.25) is 19.7 Å². The smallest absolute Gasteiger partial charge is 0.387 e. The molecule has 0 saturated heterocycles. The van der Waals surface area contributed by atoms with Gasteiger partial charge >= 0.3 is 6.61 Å². The van der Waals surface area contributed by atoms with Crippen LogP contribution < -0.4 is 10.1 Å². The normalized spacial score (nSPS) is 14.8. The van der Waals surface area contributed by atoms with Crippen LogP contribution in [-0.2, 0) is 10.2 Å². The van der Waals surface area contributed by atoms with Crippen LogP contribution in [0.4, 0.5) is 14.6 Å². The van der Waals surface area contributed by atoms with Crippen LogP contribution in [0.15, 0.2) is 49.3 Å². The van der Waals surface area contributed by atoms with Gasteiger partial charge in [0.15, 0.2) is 5.82 Å². The zero-order valence-corrected chi connectivity index (χ0v) is 13.9. The standard InChI is InChI=1S/C17H14F2N6O2/c18-16(19)27-12-7-11(8-21-9-12)25-6-1-14(24-25)23-15(26)17(2-3-17)13-10-20-4-5-22-13/h1,4-10,16H,2-3H2,(H,23,24,26). The Morgan fingerprint density at radius 1 is 1.22 bits per heavy atom. The monoisotopic (exact) mass is 372 g/mol. The fraction of sp³-hybridized carbons (Fsp3) is 0.235. The van der Waals surface area contributed by atoms with Gasteiger partial charge in [-0.25, -0.2) is 4.68 Å². The van der Waals surface area contributed by atoms with Gasteiger partial charge in [0, 0.05) is 36.9 Å². The quantitative estimate of drug-likeness (QED) is 0.714. The molecule has 8 nitrogen and oxygen atoms in total. The molecule has 138 valence electrons. The first-order valence-electron chi connectivity index (χ1n) is 8.11. The van der Waals surface area contributed by atoms with Crippen molar-refractivity contribution in [3.05, 3.63) is 55.0 Å². The van der Waals surface area contributed by atoms with E-state index >= 15 is 0 Å². The Hall–Kier alpha value is -3.43. The van der Waals surface area contributed by atoms with E-state index < -0.39 is 12.0 Å². The molecule has 0 spiro atoms. The fourth-order valence-electron chi connectivity index (χ4n) is 2.74. The summed E-state index contributed by atoms with van der Waals surface area (Å²) in [7, 11) is 0. The molecule has 0 radical (unpaired) electrons. The molecule has 1 aliphatic rings. The van der Waals surface area contributed by atoms with E-state index in [1.54, 1.807) is 30.9 Å². The van der Waals surface area contributed by atoms with Crippen LogP contribution >= 0.6 is 0 Å². The number of hydrogen-bond donors (Lipinski definition) is 1. The van der Waals surface area contributed by atoms with Crippen LogP contribution in [0.1, 0.15) is 18.5 Å². The second kappa shape index (κ2) is 6.71. The number of carbonyl (C=O) groups excluding carboxylic acids is 1. The van der Waals surface area contributed by atoms with Crippen LogP contribution in [0, 0.1) is 0 Å². The second-order valence-corrected chi connectivity index (χ2v) is 6.03. The Kier molecular flexibility index (Phi) is 4.22. The largest absolute Gasteiger partial charge is 0.433 e. The maximum atomic E-state index is 12.7. The van der Waals surface area contributed by atoms with Gasteiger partial charge in [0.05, 0.1) is 29.2 Å². The number of nitrogens with zero attached hydrogens (tertiary/aromatic N) is 5. The molecule has 1 amide bonds. The molecule has 1 N–H and O–H groups in total. The Morgan fingerprint density at radius 2 is 2.07 bits per heavy atom. The average molecular weight is 372 g/mol. The third-order valence-electron chi connectivity index (χ3n) is 4.26. The number of carbonyl (C=O) groups is 1. The van der Waals surface area contributed by atoms with Crippen molar-refractivity contribution in [3.63, 3.8) is 0 Å². The Balaban J connectivity index is 1.50. The first-order valence-corrected chi connectivity index (χ1v) is 8.11. The summed E-state index contributed by atoms with van der Waals surface area (Å²) in [6, 6.07) is 2.98. The molecule has 0 atom stereocenters. The number of ether oxygens (including phenoxy) is 1. The van der Waals surface area contributed by atoms with Crippen molar-refractivity contribution in [1.82, 2.24) is 24.7 Å². The van der Waals surface area contributed by atoms with Gasteiger partial charge in [0.2, 0.25) is 5.91 Å². The molecule has 1 fully saturated rings. The zero-order valence-electron chi connectivity index (χ0n) is 13.9. The van der Waals surface area contributed by atoms with Gasteiger partial charge in [0.25, 0.3) is 0 Å². The van der Waals surface area contributed by atoms with Gasteiger partial charge in [-0.15, -0.1) is 5.10 Å². The number of halogens is 2. The molecule has 0 bridgehead atoms. The molecule has 3 aromatic rings. The van der Waals surface area contributed by atoms with Crippen molar-refractivity contribution in [2.45, 2.75) is 24.9 Å². The molecule has 0 aromatic carbocycles. The summed E-state index contributed by atoms with van der Waals surface area (Å²) in [6.45, 7) is -2.94. The summed E-state index contributed by atoms with van der Waals surface area (Å²) < 4.78 is 30.4. The van der Waals surface area contributed by atoms with Crippen LogP contribution in [0.25, 0.3) is 5.69 Å². The third kappa shape index (κ3) is 3.46. The minimum atomic E-state index is -2.94. The SMILES string of the molecule is O=C(Nc1ccn(-c2cncc(OC(F)F)c2)n1)C1(c2cnccn2)CC1. The molecule has 1 saturated carbocycles. The van der Waals surface area contributed by atoms with Gasteiger partial charge in [-0.05, 0) is 12.8 Å². The lowest BCUT2D eigenvalue weighted by atomic mass is 10.0. The summed E-state index contributed by atoms with van der Waals surface area (Å²) in [4.78, 5) is 24.8. The van der Waals surface area contributed by atoms with E-state index in [0.717, 1.165) is 0 Å². The van der Waals surface area contributed by atoms with Crippen molar-refractivity contribution < 1.29 is 18.3 Å². The van der Waals surface area contributed by atoms with Crippen molar-refractivity contribution in [2.75, 3.05) is 5.32 Å². The Bertz CT molecular complexity index is 959. The van der Waals surface area contributed by atoms with Gasteiger partial charge < -0.3 is 10.1 Å². The van der Waals surface area contributed by atoms with E-state index in [-0.39, 0.29) is 11.7 Å². The van der Waals surface area contributed by atoms with Crippen molar-refractivity contribution >= 4 is 11.7 Å². The number of rotatable bonds is 6. The maximum absolute atomic E-state index is 12.7. The van der Waals surface area contributed by atoms with E-state index in [4.69, 9.17) is 0 Å². The number of pyridine rings is 1. The molecule has 0 unspecified atom stereocenters. The maximum Gasteiger partial charge on any atom is 0.387 e. The number of alkyl halides is 2. The van der Waals surface area contributed by atoms with E-state index in [2.05, 4.69) is 30.1 Å². The van der Waals surface area contributed by atoms with Gasteiger partial charge in [-0.2, -0.15) is 8.78 Å². The summed E-state index contributed by atoms with van der Waals surface area (Å²) in [5.74, 6) is 0.0414. The zero-order chi connectivity index (χ0) is 18.9. The minimum absolute atomic E-state index is 0.0804. The number of amides is 1. The minimum Gasteiger partial charge on any atom is -0.433 e. The fourth-order valence-corrected chi connectivity index (χ4v) is 2.74. The molecule has 3 heterocycles. The van der Waals surface area contributed by atoms with E-state index in [1.165, 1.54) is 23.1 Å². The molecule has 3 aromatic heterocycles. The van der Waals surface area contributed by atoms with Crippen LogP contribution in [0.2, 0.25) is 0 Å². The highest BCUT2D eigenvalue weighted by Gasteiger charge is 2.53. The molecular formula is C17H14F2N6O2.